The molecule has 7 heteroatoms. The Morgan fingerprint density at radius 1 is 1.38 bits per heavy atom. The molecular formula is C14H27N3O4. The van der Waals surface area contributed by atoms with Crippen LogP contribution in [0.2, 0.25) is 0 Å². The number of amides is 2. The van der Waals surface area contributed by atoms with Gasteiger partial charge in [0.25, 0.3) is 0 Å². The summed E-state index contributed by atoms with van der Waals surface area (Å²) < 4.78 is 5.29. The van der Waals surface area contributed by atoms with E-state index in [1.54, 1.807) is 6.92 Å². The zero-order valence-electron chi connectivity index (χ0n) is 13.4. The third kappa shape index (κ3) is 4.86. The van der Waals surface area contributed by atoms with E-state index in [0.717, 1.165) is 19.6 Å². The molecule has 1 heterocycles. The van der Waals surface area contributed by atoms with Gasteiger partial charge in [-0.3, -0.25) is 4.90 Å². The Labute approximate surface area is 126 Å². The fourth-order valence-corrected chi connectivity index (χ4v) is 2.41. The minimum atomic E-state index is -1.22. The first kappa shape index (κ1) is 17.7. The molecule has 122 valence electrons. The Morgan fingerprint density at radius 2 is 1.95 bits per heavy atom. The summed E-state index contributed by atoms with van der Waals surface area (Å²) in [7, 11) is 0. The van der Waals surface area contributed by atoms with Gasteiger partial charge in [-0.2, -0.15) is 0 Å². The number of ether oxygens (including phenoxy) is 1. The van der Waals surface area contributed by atoms with Gasteiger partial charge in [0.05, 0.1) is 13.2 Å². The molecule has 1 unspecified atom stereocenters. The average Bonchev–Trinajstić information content (AvgIpc) is 2.39. The van der Waals surface area contributed by atoms with Crippen LogP contribution in [0.5, 0.6) is 0 Å². The molecule has 1 atom stereocenters. The van der Waals surface area contributed by atoms with Crippen molar-refractivity contribution in [3.05, 3.63) is 0 Å². The monoisotopic (exact) mass is 301 g/mol. The molecule has 0 aromatic carbocycles. The Balaban J connectivity index is 2.54. The van der Waals surface area contributed by atoms with Crippen LogP contribution in [0.25, 0.3) is 0 Å². The summed E-state index contributed by atoms with van der Waals surface area (Å²) >= 11 is 0. The first-order valence-corrected chi connectivity index (χ1v) is 7.40. The smallest absolute Gasteiger partial charge is 0.329 e. The van der Waals surface area contributed by atoms with Gasteiger partial charge < -0.3 is 20.1 Å². The highest BCUT2D eigenvalue weighted by molar-refractivity contribution is 5.85. The zero-order chi connectivity index (χ0) is 16.0. The first-order valence-electron chi connectivity index (χ1n) is 7.40. The van der Waals surface area contributed by atoms with Crippen LogP contribution in [0.4, 0.5) is 4.79 Å². The third-order valence-electron chi connectivity index (χ3n) is 3.77. The summed E-state index contributed by atoms with van der Waals surface area (Å²) in [6.07, 6.45) is 0. The summed E-state index contributed by atoms with van der Waals surface area (Å²) in [5.41, 5.74) is -1.22. The quantitative estimate of drug-likeness (QED) is 0.751. The molecule has 0 aliphatic carbocycles. The number of urea groups is 1. The number of carboxylic acids is 1. The van der Waals surface area contributed by atoms with Crippen molar-refractivity contribution < 1.29 is 19.4 Å². The van der Waals surface area contributed by atoms with Crippen molar-refractivity contribution in [1.29, 1.82) is 0 Å². The van der Waals surface area contributed by atoms with E-state index < -0.39 is 11.5 Å². The van der Waals surface area contributed by atoms with Crippen LogP contribution in [0, 0.1) is 0 Å². The molecular weight excluding hydrogens is 274 g/mol. The van der Waals surface area contributed by atoms with E-state index in [2.05, 4.69) is 10.2 Å². The number of nitrogens with zero attached hydrogens (tertiary/aromatic N) is 2. The molecule has 21 heavy (non-hydrogen) atoms. The van der Waals surface area contributed by atoms with Gasteiger partial charge in [0, 0.05) is 32.2 Å². The van der Waals surface area contributed by atoms with E-state index in [-0.39, 0.29) is 12.1 Å². The zero-order valence-corrected chi connectivity index (χ0v) is 13.4. The fourth-order valence-electron chi connectivity index (χ4n) is 2.41. The molecule has 1 rings (SSSR count). The molecule has 0 spiro atoms. The van der Waals surface area contributed by atoms with Gasteiger partial charge in [0.1, 0.15) is 5.54 Å². The first-order chi connectivity index (χ1) is 9.78. The molecule has 0 saturated carbocycles. The van der Waals surface area contributed by atoms with Gasteiger partial charge in [-0.15, -0.1) is 0 Å². The highest BCUT2D eigenvalue weighted by atomic mass is 16.5. The van der Waals surface area contributed by atoms with Crippen molar-refractivity contribution >= 4 is 12.0 Å². The Hall–Kier alpha value is -1.34. The standard InChI is InChI=1S/C14H27N3O4/c1-5-17(14(3,4)12(18)19)13(20)15-11(2)10-16-6-8-21-9-7-16/h11H,5-10H2,1-4H3,(H,15,20)(H,18,19). The SMILES string of the molecule is CCN(C(=O)NC(C)CN1CCOCC1)C(C)(C)C(=O)O. The van der Waals surface area contributed by atoms with Crippen LogP contribution in [0.15, 0.2) is 0 Å². The van der Waals surface area contributed by atoms with Crippen LogP contribution >= 0.6 is 0 Å². The highest BCUT2D eigenvalue weighted by Gasteiger charge is 2.37. The predicted octanol–water partition coefficient (Wildman–Crippen LogP) is 0.602. The summed E-state index contributed by atoms with van der Waals surface area (Å²) in [5.74, 6) is -1.01. The number of rotatable bonds is 6. The van der Waals surface area contributed by atoms with Crippen LogP contribution in [-0.4, -0.2) is 77.9 Å². The second-order valence-corrected chi connectivity index (χ2v) is 5.87. The minimum Gasteiger partial charge on any atom is -0.480 e. The van der Waals surface area contributed by atoms with E-state index in [1.165, 1.54) is 18.7 Å². The number of morpholine rings is 1. The topological polar surface area (TPSA) is 82.1 Å². The maximum Gasteiger partial charge on any atom is 0.329 e. The lowest BCUT2D eigenvalue weighted by Gasteiger charge is -2.36. The fraction of sp³-hybridized carbons (Fsp3) is 0.857. The van der Waals surface area contributed by atoms with E-state index in [4.69, 9.17) is 4.74 Å². The van der Waals surface area contributed by atoms with E-state index in [0.29, 0.717) is 19.8 Å². The van der Waals surface area contributed by atoms with E-state index in [9.17, 15) is 14.7 Å². The number of likely N-dealkylation sites (N-methyl/N-ethyl adjacent to an activating group) is 1. The molecule has 2 amide bonds. The molecule has 2 N–H and O–H groups in total. The highest BCUT2D eigenvalue weighted by Crippen LogP contribution is 2.14. The number of aliphatic carboxylic acids is 1. The van der Waals surface area contributed by atoms with Gasteiger partial charge in [-0.05, 0) is 27.7 Å². The third-order valence-corrected chi connectivity index (χ3v) is 3.77. The molecule has 7 nitrogen and oxygen atoms in total. The number of carboxylic acid groups (broad SMARTS) is 1. The lowest BCUT2D eigenvalue weighted by Crippen LogP contribution is -2.58. The molecule has 1 saturated heterocycles. The summed E-state index contributed by atoms with van der Waals surface area (Å²) in [4.78, 5) is 27.1. The average molecular weight is 301 g/mol. The molecule has 0 radical (unpaired) electrons. The van der Waals surface area contributed by atoms with Gasteiger partial charge >= 0.3 is 12.0 Å². The van der Waals surface area contributed by atoms with Crippen molar-refractivity contribution in [1.82, 2.24) is 15.1 Å². The molecule has 1 aliphatic rings. The summed E-state index contributed by atoms with van der Waals surface area (Å²) in [5, 5.41) is 12.1. The summed E-state index contributed by atoms with van der Waals surface area (Å²) in [6, 6.07) is -0.389. The van der Waals surface area contributed by atoms with Crippen molar-refractivity contribution in [3.8, 4) is 0 Å². The van der Waals surface area contributed by atoms with Gasteiger partial charge in [0.2, 0.25) is 0 Å². The van der Waals surface area contributed by atoms with Gasteiger partial charge in [-0.25, -0.2) is 9.59 Å². The summed E-state index contributed by atoms with van der Waals surface area (Å²) in [6.45, 7) is 11.0. The maximum atomic E-state index is 12.3. The van der Waals surface area contributed by atoms with Gasteiger partial charge in [0.15, 0.2) is 0 Å². The predicted molar refractivity (Wildman–Crippen MR) is 79.3 cm³/mol. The second-order valence-electron chi connectivity index (χ2n) is 5.87. The lowest BCUT2D eigenvalue weighted by molar-refractivity contribution is -0.147. The van der Waals surface area contributed by atoms with Crippen LogP contribution in [0.3, 0.4) is 0 Å². The number of carbonyl (C=O) groups excluding carboxylic acids is 1. The van der Waals surface area contributed by atoms with Crippen molar-refractivity contribution in [3.63, 3.8) is 0 Å². The Morgan fingerprint density at radius 3 is 2.43 bits per heavy atom. The number of carbonyl (C=O) groups is 2. The second kappa shape index (κ2) is 7.61. The van der Waals surface area contributed by atoms with Crippen LogP contribution in [-0.2, 0) is 9.53 Å². The molecule has 1 fully saturated rings. The van der Waals surface area contributed by atoms with Crippen molar-refractivity contribution in [2.24, 2.45) is 0 Å². The number of nitrogens with one attached hydrogen (secondary N) is 1. The van der Waals surface area contributed by atoms with Crippen molar-refractivity contribution in [2.75, 3.05) is 39.4 Å². The minimum absolute atomic E-state index is 0.0470. The Kier molecular flexibility index (Phi) is 6.42. The largest absolute Gasteiger partial charge is 0.480 e. The van der Waals surface area contributed by atoms with E-state index in [1.807, 2.05) is 6.92 Å². The number of hydrogen-bond donors (Lipinski definition) is 2. The van der Waals surface area contributed by atoms with Crippen molar-refractivity contribution in [2.45, 2.75) is 39.3 Å². The van der Waals surface area contributed by atoms with Crippen LogP contribution in [0.1, 0.15) is 27.7 Å². The molecule has 1 aliphatic heterocycles. The molecule has 0 aromatic heterocycles. The maximum absolute atomic E-state index is 12.3. The lowest BCUT2D eigenvalue weighted by atomic mass is 10.0. The van der Waals surface area contributed by atoms with E-state index >= 15 is 0 Å². The Bertz CT molecular complexity index is 367. The van der Waals surface area contributed by atoms with Crippen LogP contribution < -0.4 is 5.32 Å². The number of hydrogen-bond acceptors (Lipinski definition) is 4. The molecule has 0 aromatic rings. The normalized spacial score (nSPS) is 18.1. The molecule has 0 bridgehead atoms. The van der Waals surface area contributed by atoms with Gasteiger partial charge in [-0.1, -0.05) is 0 Å².